The maximum atomic E-state index is 5.66. The molecule has 2 nitrogen and oxygen atoms in total. The summed E-state index contributed by atoms with van der Waals surface area (Å²) in [7, 11) is 0. The molecule has 0 atom stereocenters. The lowest BCUT2D eigenvalue weighted by atomic mass is 10.2. The third kappa shape index (κ3) is 1.68. The van der Waals surface area contributed by atoms with Crippen LogP contribution in [-0.2, 0) is 0 Å². The molecule has 13 heavy (non-hydrogen) atoms. The van der Waals surface area contributed by atoms with E-state index in [1.807, 2.05) is 30.3 Å². The molecule has 0 amide bonds. The van der Waals surface area contributed by atoms with E-state index in [0.717, 1.165) is 10.6 Å². The number of nitrogen functional groups attached to an aromatic ring is 1. The number of anilines is 1. The van der Waals surface area contributed by atoms with Crippen LogP contribution >= 0.6 is 24.0 Å². The first-order chi connectivity index (χ1) is 6.27. The Morgan fingerprint density at radius 3 is 2.46 bits per heavy atom. The Hall–Kier alpha value is -1.00. The molecule has 1 aromatic carbocycles. The van der Waals surface area contributed by atoms with Crippen LogP contribution in [0.2, 0.25) is 0 Å². The smallest absolute Gasteiger partial charge is 0.128 e. The monoisotopic (exact) mass is 208 g/mol. The molecule has 0 spiro atoms. The molecular formula is C9H8N2S2. The average Bonchev–Trinajstić information content (AvgIpc) is 2.49. The fourth-order valence-corrected chi connectivity index (χ4v) is 2.07. The second-order valence-electron chi connectivity index (χ2n) is 2.57. The molecule has 4 heteroatoms. The van der Waals surface area contributed by atoms with Gasteiger partial charge in [-0.1, -0.05) is 41.7 Å². The summed E-state index contributed by atoms with van der Waals surface area (Å²) in [4.78, 5) is 4.24. The topological polar surface area (TPSA) is 38.9 Å². The number of thiazole rings is 1. The lowest BCUT2D eigenvalue weighted by molar-refractivity contribution is 1.22. The zero-order valence-electron chi connectivity index (χ0n) is 6.77. The number of nitrogens with zero attached hydrogens (tertiary/aromatic N) is 1. The van der Waals surface area contributed by atoms with E-state index in [2.05, 4.69) is 17.6 Å². The van der Waals surface area contributed by atoms with E-state index >= 15 is 0 Å². The number of thiol groups is 1. The lowest BCUT2D eigenvalue weighted by Gasteiger charge is -1.92. The third-order valence-electron chi connectivity index (χ3n) is 1.66. The summed E-state index contributed by atoms with van der Waals surface area (Å²) in [5.74, 6) is 0. The van der Waals surface area contributed by atoms with Gasteiger partial charge in [-0.15, -0.1) is 12.6 Å². The predicted octanol–water partition coefficient (Wildman–Crippen LogP) is 2.68. The quantitative estimate of drug-likeness (QED) is 0.707. The average molecular weight is 208 g/mol. The summed E-state index contributed by atoms with van der Waals surface area (Å²) in [5, 5.41) is 2.20. The zero-order chi connectivity index (χ0) is 9.26. The number of nitrogens with two attached hydrogens (primary N) is 1. The van der Waals surface area contributed by atoms with Gasteiger partial charge in [0.15, 0.2) is 0 Å². The highest BCUT2D eigenvalue weighted by molar-refractivity contribution is 7.80. The van der Waals surface area contributed by atoms with Crippen molar-refractivity contribution in [1.82, 2.24) is 4.98 Å². The molecule has 0 aliphatic carbocycles. The molecule has 2 aromatic rings. The van der Waals surface area contributed by atoms with Crippen LogP contribution in [-0.4, -0.2) is 4.98 Å². The van der Waals surface area contributed by atoms with Gasteiger partial charge >= 0.3 is 0 Å². The molecule has 0 fully saturated rings. The number of hydrogen-bond acceptors (Lipinski definition) is 4. The highest BCUT2D eigenvalue weighted by Gasteiger charge is 2.05. The van der Waals surface area contributed by atoms with E-state index in [1.54, 1.807) is 0 Å². The molecule has 1 heterocycles. The normalized spacial score (nSPS) is 10.2. The molecule has 0 saturated carbocycles. The Kier molecular flexibility index (Phi) is 2.24. The van der Waals surface area contributed by atoms with Crippen LogP contribution in [0.25, 0.3) is 10.6 Å². The van der Waals surface area contributed by atoms with Gasteiger partial charge in [0.25, 0.3) is 0 Å². The fourth-order valence-electron chi connectivity index (χ4n) is 1.03. The van der Waals surface area contributed by atoms with Crippen molar-refractivity contribution in [3.63, 3.8) is 0 Å². The maximum Gasteiger partial charge on any atom is 0.128 e. The van der Waals surface area contributed by atoms with Crippen LogP contribution in [0.1, 0.15) is 0 Å². The van der Waals surface area contributed by atoms with Crippen LogP contribution in [0, 0.1) is 0 Å². The first-order valence-electron chi connectivity index (χ1n) is 3.78. The van der Waals surface area contributed by atoms with Crippen molar-refractivity contribution in [2.24, 2.45) is 0 Å². The van der Waals surface area contributed by atoms with Gasteiger partial charge < -0.3 is 5.73 Å². The van der Waals surface area contributed by atoms with Crippen molar-refractivity contribution in [3.05, 3.63) is 30.3 Å². The van der Waals surface area contributed by atoms with Gasteiger partial charge in [-0.05, 0) is 0 Å². The van der Waals surface area contributed by atoms with E-state index in [9.17, 15) is 0 Å². The highest BCUT2D eigenvalue weighted by Crippen LogP contribution is 2.31. The van der Waals surface area contributed by atoms with Gasteiger partial charge in [0.2, 0.25) is 0 Å². The highest BCUT2D eigenvalue weighted by atomic mass is 32.1. The Morgan fingerprint density at radius 1 is 1.23 bits per heavy atom. The van der Waals surface area contributed by atoms with Gasteiger partial charge in [-0.2, -0.15) is 0 Å². The van der Waals surface area contributed by atoms with Crippen LogP contribution in [0.15, 0.2) is 35.4 Å². The minimum atomic E-state index is 0.615. The van der Waals surface area contributed by atoms with Gasteiger partial charge in [0.05, 0.1) is 0 Å². The SMILES string of the molecule is Nc1sc(-c2ccccc2)nc1S. The second kappa shape index (κ2) is 3.40. The summed E-state index contributed by atoms with van der Waals surface area (Å²) in [5.41, 5.74) is 6.74. The van der Waals surface area contributed by atoms with Gasteiger partial charge in [-0.3, -0.25) is 0 Å². The summed E-state index contributed by atoms with van der Waals surface area (Å²) in [6, 6.07) is 9.94. The molecule has 2 N–H and O–H groups in total. The van der Waals surface area contributed by atoms with E-state index in [4.69, 9.17) is 5.73 Å². The Morgan fingerprint density at radius 2 is 1.92 bits per heavy atom. The van der Waals surface area contributed by atoms with E-state index in [0.29, 0.717) is 10.0 Å². The second-order valence-corrected chi connectivity index (χ2v) is 4.03. The summed E-state index contributed by atoms with van der Waals surface area (Å²) < 4.78 is 0. The van der Waals surface area contributed by atoms with Crippen molar-refractivity contribution in [1.29, 1.82) is 0 Å². The number of aromatic nitrogens is 1. The molecule has 0 aliphatic rings. The molecule has 0 bridgehead atoms. The molecule has 2 rings (SSSR count). The fraction of sp³-hybridized carbons (Fsp3) is 0. The lowest BCUT2D eigenvalue weighted by Crippen LogP contribution is -1.78. The van der Waals surface area contributed by atoms with Crippen molar-refractivity contribution in [2.75, 3.05) is 5.73 Å². The summed E-state index contributed by atoms with van der Waals surface area (Å²) >= 11 is 5.60. The van der Waals surface area contributed by atoms with Gasteiger partial charge in [0.1, 0.15) is 15.0 Å². The minimum absolute atomic E-state index is 0.615. The maximum absolute atomic E-state index is 5.66. The minimum Gasteiger partial charge on any atom is -0.388 e. The van der Waals surface area contributed by atoms with Crippen molar-refractivity contribution in [3.8, 4) is 10.6 Å². The predicted molar refractivity (Wildman–Crippen MR) is 59.2 cm³/mol. The van der Waals surface area contributed by atoms with Crippen molar-refractivity contribution >= 4 is 29.0 Å². The molecule has 1 aromatic heterocycles. The van der Waals surface area contributed by atoms with Gasteiger partial charge in [0, 0.05) is 5.56 Å². The molecule has 0 aliphatic heterocycles. The van der Waals surface area contributed by atoms with E-state index < -0.39 is 0 Å². The Labute approximate surface area is 85.8 Å². The first kappa shape index (κ1) is 8.59. The van der Waals surface area contributed by atoms with Gasteiger partial charge in [-0.25, -0.2) is 4.98 Å². The molecule has 0 saturated heterocycles. The van der Waals surface area contributed by atoms with Crippen LogP contribution < -0.4 is 5.73 Å². The summed E-state index contributed by atoms with van der Waals surface area (Å²) in [6.07, 6.45) is 0. The molecular weight excluding hydrogens is 200 g/mol. The van der Waals surface area contributed by atoms with Crippen LogP contribution in [0.4, 0.5) is 5.00 Å². The molecule has 0 radical (unpaired) electrons. The third-order valence-corrected chi connectivity index (χ3v) is 3.08. The Bertz CT molecular complexity index is 389. The van der Waals surface area contributed by atoms with E-state index in [-0.39, 0.29) is 0 Å². The molecule has 66 valence electrons. The van der Waals surface area contributed by atoms with Crippen LogP contribution in [0.5, 0.6) is 0 Å². The van der Waals surface area contributed by atoms with Crippen molar-refractivity contribution in [2.45, 2.75) is 5.03 Å². The number of hydrogen-bond donors (Lipinski definition) is 2. The van der Waals surface area contributed by atoms with E-state index in [1.165, 1.54) is 11.3 Å². The molecule has 0 unspecified atom stereocenters. The van der Waals surface area contributed by atoms with Crippen molar-refractivity contribution < 1.29 is 0 Å². The summed E-state index contributed by atoms with van der Waals surface area (Å²) in [6.45, 7) is 0. The number of rotatable bonds is 1. The zero-order valence-corrected chi connectivity index (χ0v) is 8.48. The van der Waals surface area contributed by atoms with Crippen LogP contribution in [0.3, 0.4) is 0 Å². The standard InChI is InChI=1S/C9H8N2S2/c10-7-8(12)11-9(13-7)6-4-2-1-3-5-6/h1-5,12H,10H2. The first-order valence-corrected chi connectivity index (χ1v) is 5.04. The Balaban J connectivity index is 2.48. The largest absolute Gasteiger partial charge is 0.388 e. The number of benzene rings is 1.